The van der Waals surface area contributed by atoms with Crippen molar-refractivity contribution in [2.75, 3.05) is 13.2 Å². The lowest BCUT2D eigenvalue weighted by molar-refractivity contribution is 0.0699. The average molecular weight is 210 g/mol. The van der Waals surface area contributed by atoms with Crippen molar-refractivity contribution < 1.29 is 9.13 Å². The molecule has 2 heterocycles. The fraction of sp³-hybridized carbons (Fsp3) is 0.545. The Bertz CT molecular complexity index is 313. The molecular formula is C11H15FN2O. The fourth-order valence-corrected chi connectivity index (χ4v) is 1.72. The molecule has 1 N–H and O–H groups in total. The van der Waals surface area contributed by atoms with E-state index in [1.54, 1.807) is 6.20 Å². The van der Waals surface area contributed by atoms with Crippen molar-refractivity contribution in [1.82, 2.24) is 10.3 Å². The first-order valence-electron chi connectivity index (χ1n) is 5.25. The molecule has 0 spiro atoms. The van der Waals surface area contributed by atoms with E-state index in [1.165, 1.54) is 12.3 Å². The van der Waals surface area contributed by atoms with Gasteiger partial charge in [0, 0.05) is 25.4 Å². The molecule has 15 heavy (non-hydrogen) atoms. The first kappa shape index (κ1) is 10.5. The Morgan fingerprint density at radius 1 is 1.53 bits per heavy atom. The molecule has 0 saturated carbocycles. The summed E-state index contributed by atoms with van der Waals surface area (Å²) in [6.07, 6.45) is 5.12. The fourth-order valence-electron chi connectivity index (χ4n) is 1.72. The molecule has 1 aromatic heterocycles. The van der Waals surface area contributed by atoms with Crippen molar-refractivity contribution in [3.63, 3.8) is 0 Å². The minimum Gasteiger partial charge on any atom is -0.380 e. The third kappa shape index (κ3) is 3.25. The maximum atomic E-state index is 12.8. The van der Waals surface area contributed by atoms with Gasteiger partial charge in [-0.2, -0.15) is 0 Å². The van der Waals surface area contributed by atoms with Crippen molar-refractivity contribution in [3.8, 4) is 0 Å². The number of nitrogens with one attached hydrogen (secondary N) is 1. The number of ether oxygens (including phenoxy) is 1. The quantitative estimate of drug-likeness (QED) is 0.820. The van der Waals surface area contributed by atoms with Crippen LogP contribution in [-0.4, -0.2) is 24.2 Å². The highest BCUT2D eigenvalue weighted by molar-refractivity contribution is 5.09. The second-order valence-corrected chi connectivity index (χ2v) is 3.81. The highest BCUT2D eigenvalue weighted by Gasteiger charge is 2.12. The van der Waals surface area contributed by atoms with Crippen molar-refractivity contribution in [3.05, 3.63) is 29.8 Å². The minimum atomic E-state index is -0.283. The van der Waals surface area contributed by atoms with Gasteiger partial charge >= 0.3 is 0 Å². The maximum Gasteiger partial charge on any atom is 0.141 e. The van der Waals surface area contributed by atoms with Gasteiger partial charge in [-0.3, -0.25) is 4.98 Å². The zero-order valence-electron chi connectivity index (χ0n) is 8.58. The lowest BCUT2D eigenvalue weighted by atomic mass is 10.1. The Kier molecular flexibility index (Phi) is 3.64. The van der Waals surface area contributed by atoms with Gasteiger partial charge in [0.1, 0.15) is 5.82 Å². The van der Waals surface area contributed by atoms with E-state index in [2.05, 4.69) is 10.3 Å². The van der Waals surface area contributed by atoms with Crippen LogP contribution in [0.5, 0.6) is 0 Å². The second-order valence-electron chi connectivity index (χ2n) is 3.81. The Morgan fingerprint density at radius 3 is 3.20 bits per heavy atom. The lowest BCUT2D eigenvalue weighted by Crippen LogP contribution is -2.36. The number of halogens is 1. The zero-order chi connectivity index (χ0) is 10.5. The van der Waals surface area contributed by atoms with Gasteiger partial charge < -0.3 is 10.1 Å². The molecule has 1 unspecified atom stereocenters. The molecule has 3 nitrogen and oxygen atoms in total. The highest BCUT2D eigenvalue weighted by atomic mass is 19.1. The van der Waals surface area contributed by atoms with Gasteiger partial charge in [0.2, 0.25) is 0 Å². The van der Waals surface area contributed by atoms with Gasteiger partial charge in [0.15, 0.2) is 0 Å². The Labute approximate surface area is 88.7 Å². The van der Waals surface area contributed by atoms with Gasteiger partial charge in [0.05, 0.1) is 12.8 Å². The van der Waals surface area contributed by atoms with Crippen LogP contribution >= 0.6 is 0 Å². The van der Waals surface area contributed by atoms with Gasteiger partial charge in [-0.05, 0) is 24.5 Å². The number of rotatable bonds is 3. The monoisotopic (exact) mass is 210 g/mol. The number of nitrogens with zero attached hydrogens (tertiary/aromatic N) is 1. The molecule has 0 amide bonds. The molecule has 1 fully saturated rings. The summed E-state index contributed by atoms with van der Waals surface area (Å²) in [7, 11) is 0. The van der Waals surface area contributed by atoms with E-state index < -0.39 is 0 Å². The van der Waals surface area contributed by atoms with E-state index in [1.807, 2.05) is 0 Å². The molecule has 0 aromatic carbocycles. The van der Waals surface area contributed by atoms with Crippen LogP contribution in [0.3, 0.4) is 0 Å². The summed E-state index contributed by atoms with van der Waals surface area (Å²) in [5.74, 6) is -0.283. The van der Waals surface area contributed by atoms with Crippen molar-refractivity contribution in [2.24, 2.45) is 0 Å². The molecule has 1 saturated heterocycles. The van der Waals surface area contributed by atoms with Gasteiger partial charge in [0.25, 0.3) is 0 Å². The molecule has 0 radical (unpaired) electrons. The zero-order valence-corrected chi connectivity index (χ0v) is 8.58. The lowest BCUT2D eigenvalue weighted by Gasteiger charge is -2.23. The van der Waals surface area contributed by atoms with E-state index in [4.69, 9.17) is 4.74 Å². The summed E-state index contributed by atoms with van der Waals surface area (Å²) >= 11 is 0. The summed E-state index contributed by atoms with van der Waals surface area (Å²) in [4.78, 5) is 3.80. The second kappa shape index (κ2) is 5.19. The predicted molar refractivity (Wildman–Crippen MR) is 54.9 cm³/mol. The van der Waals surface area contributed by atoms with Crippen molar-refractivity contribution in [1.29, 1.82) is 0 Å². The molecule has 4 heteroatoms. The maximum absolute atomic E-state index is 12.8. The van der Waals surface area contributed by atoms with Crippen LogP contribution in [0.4, 0.5) is 4.39 Å². The molecule has 82 valence electrons. The smallest absolute Gasteiger partial charge is 0.141 e. The van der Waals surface area contributed by atoms with Crippen LogP contribution in [-0.2, 0) is 11.3 Å². The van der Waals surface area contributed by atoms with E-state index in [0.717, 1.165) is 31.6 Å². The normalized spacial score (nSPS) is 21.5. The summed E-state index contributed by atoms with van der Waals surface area (Å²) in [6.45, 7) is 2.27. The summed E-state index contributed by atoms with van der Waals surface area (Å²) in [5, 5.41) is 3.33. The summed E-state index contributed by atoms with van der Waals surface area (Å²) in [5.41, 5.74) is 0.876. The van der Waals surface area contributed by atoms with Crippen LogP contribution in [0.25, 0.3) is 0 Å². The van der Waals surface area contributed by atoms with E-state index >= 15 is 0 Å². The molecule has 0 aliphatic carbocycles. The molecule has 0 bridgehead atoms. The average Bonchev–Trinajstić information content (AvgIpc) is 2.28. The standard InChI is InChI=1S/C11H15FN2O/c12-10-4-9(5-13-7-10)6-14-11-2-1-3-15-8-11/h4-5,7,11,14H,1-3,6,8H2. The number of hydrogen-bond donors (Lipinski definition) is 1. The van der Waals surface area contributed by atoms with E-state index in [9.17, 15) is 4.39 Å². The third-order valence-corrected chi connectivity index (χ3v) is 2.52. The SMILES string of the molecule is Fc1cncc(CNC2CCCOC2)c1. The van der Waals surface area contributed by atoms with Crippen LogP contribution in [0.1, 0.15) is 18.4 Å². The number of hydrogen-bond acceptors (Lipinski definition) is 3. The van der Waals surface area contributed by atoms with Gasteiger partial charge in [-0.25, -0.2) is 4.39 Å². The van der Waals surface area contributed by atoms with Crippen LogP contribution in [0.2, 0.25) is 0 Å². The van der Waals surface area contributed by atoms with Crippen molar-refractivity contribution >= 4 is 0 Å². The topological polar surface area (TPSA) is 34.2 Å². The minimum absolute atomic E-state index is 0.283. The van der Waals surface area contributed by atoms with Gasteiger partial charge in [-0.1, -0.05) is 0 Å². The van der Waals surface area contributed by atoms with Crippen LogP contribution in [0.15, 0.2) is 18.5 Å². The van der Waals surface area contributed by atoms with Crippen LogP contribution in [0, 0.1) is 5.82 Å². The molecular weight excluding hydrogens is 195 g/mol. The Balaban J connectivity index is 1.81. The van der Waals surface area contributed by atoms with Crippen molar-refractivity contribution in [2.45, 2.75) is 25.4 Å². The molecule has 1 aliphatic rings. The summed E-state index contributed by atoms with van der Waals surface area (Å²) < 4.78 is 18.2. The van der Waals surface area contributed by atoms with E-state index in [0.29, 0.717) is 12.6 Å². The number of pyridine rings is 1. The highest BCUT2D eigenvalue weighted by Crippen LogP contribution is 2.07. The molecule has 1 atom stereocenters. The first-order valence-corrected chi connectivity index (χ1v) is 5.25. The van der Waals surface area contributed by atoms with Crippen LogP contribution < -0.4 is 5.32 Å². The summed E-state index contributed by atoms with van der Waals surface area (Å²) in [6, 6.07) is 1.89. The predicted octanol–water partition coefficient (Wildman–Crippen LogP) is 1.49. The molecule has 1 aromatic rings. The Morgan fingerprint density at radius 2 is 2.47 bits per heavy atom. The Hall–Kier alpha value is -1.00. The molecule has 1 aliphatic heterocycles. The van der Waals surface area contributed by atoms with Gasteiger partial charge in [-0.15, -0.1) is 0 Å². The first-order chi connectivity index (χ1) is 7.34. The largest absolute Gasteiger partial charge is 0.380 e. The number of aromatic nitrogens is 1. The van der Waals surface area contributed by atoms with E-state index in [-0.39, 0.29) is 5.82 Å². The third-order valence-electron chi connectivity index (χ3n) is 2.52. The molecule has 2 rings (SSSR count).